The van der Waals surface area contributed by atoms with E-state index in [1.165, 1.54) is 5.56 Å². The number of aryl methyl sites for hydroxylation is 1. The fourth-order valence-electron chi connectivity index (χ4n) is 1.66. The largest absolute Gasteiger partial charge is 0.484 e. The smallest absolute Gasteiger partial charge is 0.306 e. The minimum Gasteiger partial charge on any atom is -0.484 e. The molecule has 0 aliphatic carbocycles. The van der Waals surface area contributed by atoms with Crippen LogP contribution in [0.5, 0.6) is 5.75 Å². The molecule has 0 fully saturated rings. The number of hydrogen-bond acceptors (Lipinski definition) is 5. The third-order valence-corrected chi connectivity index (χ3v) is 2.90. The standard InChI is InChI=1S/C16H22N2O5/c1-3-12-5-7-13(8-6-12)23-11-15(20)18-17-14(19)9-10-16(21)22-4-2/h5-8H,3-4,9-11H2,1-2H3,(H,17,19)(H,18,20). The second kappa shape index (κ2) is 10.2. The van der Waals surface area contributed by atoms with Crippen LogP contribution in [0.1, 0.15) is 32.3 Å². The number of carbonyl (C=O) groups is 3. The first-order valence-corrected chi connectivity index (χ1v) is 7.50. The highest BCUT2D eigenvalue weighted by Gasteiger charge is 2.09. The van der Waals surface area contributed by atoms with Crippen molar-refractivity contribution < 1.29 is 23.9 Å². The molecule has 126 valence electrons. The summed E-state index contributed by atoms with van der Waals surface area (Å²) in [5.74, 6) is -0.841. The summed E-state index contributed by atoms with van der Waals surface area (Å²) in [5.41, 5.74) is 5.60. The second-order valence-corrected chi connectivity index (χ2v) is 4.69. The molecule has 1 aromatic rings. The highest BCUT2D eigenvalue weighted by atomic mass is 16.5. The zero-order valence-electron chi connectivity index (χ0n) is 13.4. The van der Waals surface area contributed by atoms with Crippen LogP contribution >= 0.6 is 0 Å². The maximum absolute atomic E-state index is 11.5. The van der Waals surface area contributed by atoms with E-state index in [0.29, 0.717) is 5.75 Å². The predicted molar refractivity (Wildman–Crippen MR) is 83.5 cm³/mol. The molecule has 0 aliphatic rings. The van der Waals surface area contributed by atoms with Gasteiger partial charge in [0.05, 0.1) is 13.0 Å². The van der Waals surface area contributed by atoms with E-state index in [2.05, 4.69) is 10.9 Å². The maximum atomic E-state index is 11.5. The Kier molecular flexibility index (Phi) is 8.20. The minimum atomic E-state index is -0.492. The minimum absolute atomic E-state index is 0.0319. The zero-order chi connectivity index (χ0) is 17.1. The second-order valence-electron chi connectivity index (χ2n) is 4.69. The van der Waals surface area contributed by atoms with E-state index in [1.807, 2.05) is 19.1 Å². The Morgan fingerprint density at radius 2 is 1.61 bits per heavy atom. The normalized spacial score (nSPS) is 9.83. The van der Waals surface area contributed by atoms with Crippen LogP contribution in [0.2, 0.25) is 0 Å². The number of rotatable bonds is 8. The van der Waals surface area contributed by atoms with Gasteiger partial charge in [-0.3, -0.25) is 25.2 Å². The molecule has 7 nitrogen and oxygen atoms in total. The number of nitrogens with one attached hydrogen (secondary N) is 2. The van der Waals surface area contributed by atoms with E-state index < -0.39 is 17.8 Å². The van der Waals surface area contributed by atoms with Crippen LogP contribution in [0, 0.1) is 0 Å². The van der Waals surface area contributed by atoms with E-state index in [1.54, 1.807) is 19.1 Å². The van der Waals surface area contributed by atoms with Crippen LogP contribution in [0.25, 0.3) is 0 Å². The maximum Gasteiger partial charge on any atom is 0.306 e. The van der Waals surface area contributed by atoms with Gasteiger partial charge in [0.15, 0.2) is 6.61 Å². The van der Waals surface area contributed by atoms with Gasteiger partial charge < -0.3 is 9.47 Å². The number of hydrogen-bond donors (Lipinski definition) is 2. The number of hydrazine groups is 1. The van der Waals surface area contributed by atoms with Crippen molar-refractivity contribution in [3.8, 4) is 5.75 Å². The summed E-state index contributed by atoms with van der Waals surface area (Å²) in [6.45, 7) is 3.79. The van der Waals surface area contributed by atoms with E-state index in [-0.39, 0.29) is 26.1 Å². The Hall–Kier alpha value is -2.57. The third kappa shape index (κ3) is 7.85. The van der Waals surface area contributed by atoms with Gasteiger partial charge in [0.25, 0.3) is 5.91 Å². The molecule has 0 spiro atoms. The summed E-state index contributed by atoms with van der Waals surface area (Å²) in [6.07, 6.45) is 0.840. The van der Waals surface area contributed by atoms with Gasteiger partial charge in [-0.25, -0.2) is 0 Å². The van der Waals surface area contributed by atoms with Crippen molar-refractivity contribution in [1.82, 2.24) is 10.9 Å². The molecule has 1 aromatic carbocycles. The van der Waals surface area contributed by atoms with Crippen molar-refractivity contribution in [2.24, 2.45) is 0 Å². The van der Waals surface area contributed by atoms with E-state index in [9.17, 15) is 14.4 Å². The van der Waals surface area contributed by atoms with Gasteiger partial charge in [-0.15, -0.1) is 0 Å². The van der Waals surface area contributed by atoms with Crippen molar-refractivity contribution >= 4 is 17.8 Å². The molecule has 2 N–H and O–H groups in total. The summed E-state index contributed by atoms with van der Waals surface area (Å²) in [6, 6.07) is 7.41. The number of amides is 2. The molecule has 23 heavy (non-hydrogen) atoms. The molecular formula is C16H22N2O5. The van der Waals surface area contributed by atoms with E-state index >= 15 is 0 Å². The first-order valence-electron chi connectivity index (χ1n) is 7.50. The Balaban J connectivity index is 2.20. The Morgan fingerprint density at radius 3 is 2.22 bits per heavy atom. The molecule has 1 rings (SSSR count). The average molecular weight is 322 g/mol. The van der Waals surface area contributed by atoms with Gasteiger partial charge in [0, 0.05) is 6.42 Å². The van der Waals surface area contributed by atoms with Crippen molar-refractivity contribution in [2.45, 2.75) is 33.1 Å². The van der Waals surface area contributed by atoms with Crippen LogP contribution < -0.4 is 15.6 Å². The van der Waals surface area contributed by atoms with Crippen LogP contribution in [0.4, 0.5) is 0 Å². The molecule has 0 atom stereocenters. The molecule has 7 heteroatoms. The van der Waals surface area contributed by atoms with Gasteiger partial charge in [-0.2, -0.15) is 0 Å². The zero-order valence-corrected chi connectivity index (χ0v) is 13.4. The number of carbonyl (C=O) groups excluding carboxylic acids is 3. The topological polar surface area (TPSA) is 93.7 Å². The molecule has 0 aliphatic heterocycles. The Bertz CT molecular complexity index is 528. The monoisotopic (exact) mass is 322 g/mol. The Morgan fingerprint density at radius 1 is 0.957 bits per heavy atom. The summed E-state index contributed by atoms with van der Waals surface area (Å²) in [7, 11) is 0. The molecule has 0 bridgehead atoms. The number of benzene rings is 1. The lowest BCUT2D eigenvalue weighted by Crippen LogP contribution is -2.43. The van der Waals surface area contributed by atoms with Gasteiger partial charge in [0.2, 0.25) is 5.91 Å². The lowest BCUT2D eigenvalue weighted by molar-refractivity contribution is -0.144. The molecule has 0 radical (unpaired) electrons. The molecule has 0 aromatic heterocycles. The SMILES string of the molecule is CCOC(=O)CCC(=O)NNC(=O)COc1ccc(CC)cc1. The van der Waals surface area contributed by atoms with Crippen LogP contribution in [-0.4, -0.2) is 31.0 Å². The molecule has 0 unspecified atom stereocenters. The summed E-state index contributed by atoms with van der Waals surface area (Å²) in [5, 5.41) is 0. The van der Waals surface area contributed by atoms with E-state index in [0.717, 1.165) is 6.42 Å². The summed E-state index contributed by atoms with van der Waals surface area (Å²) >= 11 is 0. The molecule has 0 saturated heterocycles. The van der Waals surface area contributed by atoms with Gasteiger partial charge in [-0.1, -0.05) is 19.1 Å². The van der Waals surface area contributed by atoms with Gasteiger partial charge >= 0.3 is 5.97 Å². The highest BCUT2D eigenvalue weighted by molar-refractivity contribution is 5.84. The quantitative estimate of drug-likeness (QED) is 0.552. The van der Waals surface area contributed by atoms with Crippen LogP contribution in [0.3, 0.4) is 0 Å². The number of ether oxygens (including phenoxy) is 2. The molecule has 0 heterocycles. The van der Waals surface area contributed by atoms with Crippen LogP contribution in [-0.2, 0) is 25.5 Å². The summed E-state index contributed by atoms with van der Waals surface area (Å²) in [4.78, 5) is 34.0. The third-order valence-electron chi connectivity index (χ3n) is 2.90. The Labute approximate surface area is 135 Å². The number of esters is 1. The van der Waals surface area contributed by atoms with Crippen molar-refractivity contribution in [1.29, 1.82) is 0 Å². The molecule has 0 saturated carbocycles. The average Bonchev–Trinajstić information content (AvgIpc) is 2.57. The van der Waals surface area contributed by atoms with Crippen molar-refractivity contribution in [3.63, 3.8) is 0 Å². The lowest BCUT2D eigenvalue weighted by Gasteiger charge is -2.09. The molecule has 2 amide bonds. The van der Waals surface area contributed by atoms with Crippen LogP contribution in [0.15, 0.2) is 24.3 Å². The fourth-order valence-corrected chi connectivity index (χ4v) is 1.66. The predicted octanol–water partition coefficient (Wildman–Crippen LogP) is 1.12. The highest BCUT2D eigenvalue weighted by Crippen LogP contribution is 2.12. The first kappa shape index (κ1) is 18.5. The summed E-state index contributed by atoms with van der Waals surface area (Å²) < 4.78 is 9.99. The van der Waals surface area contributed by atoms with Gasteiger partial charge in [0.1, 0.15) is 5.75 Å². The molecular weight excluding hydrogens is 300 g/mol. The van der Waals surface area contributed by atoms with Gasteiger partial charge in [-0.05, 0) is 31.0 Å². The van der Waals surface area contributed by atoms with Crippen molar-refractivity contribution in [3.05, 3.63) is 29.8 Å². The fraction of sp³-hybridized carbons (Fsp3) is 0.438. The van der Waals surface area contributed by atoms with Crippen molar-refractivity contribution in [2.75, 3.05) is 13.2 Å². The van der Waals surface area contributed by atoms with E-state index in [4.69, 9.17) is 9.47 Å². The lowest BCUT2D eigenvalue weighted by atomic mass is 10.2. The first-order chi connectivity index (χ1) is 11.0.